The Morgan fingerprint density at radius 1 is 1.11 bits per heavy atom. The average molecular weight is 520 g/mol. The molecule has 0 radical (unpaired) electrons. The lowest BCUT2D eigenvalue weighted by molar-refractivity contribution is -0.142. The second-order valence-electron chi connectivity index (χ2n) is 9.71. The molecular weight excluding hydrogens is 491 g/mol. The monoisotopic (exact) mass is 519 g/mol. The van der Waals surface area contributed by atoms with Crippen LogP contribution in [0.25, 0.3) is 5.69 Å². The molecule has 0 unspecified atom stereocenters. The fourth-order valence-electron chi connectivity index (χ4n) is 5.06. The van der Waals surface area contributed by atoms with Crippen LogP contribution in [0.2, 0.25) is 0 Å². The van der Waals surface area contributed by atoms with Gasteiger partial charge in [-0.05, 0) is 56.4 Å². The van der Waals surface area contributed by atoms with E-state index in [0.717, 1.165) is 17.5 Å². The Balaban J connectivity index is 1.31. The smallest absolute Gasteiger partial charge is 0.435 e. The highest BCUT2D eigenvalue weighted by Gasteiger charge is 2.53. The minimum atomic E-state index is -4.72. The Bertz CT molecular complexity index is 1210. The molecular formula is C25H28F3N5O4. The first kappa shape index (κ1) is 25.1. The molecule has 1 saturated carbocycles. The zero-order valence-corrected chi connectivity index (χ0v) is 20.4. The number of ether oxygens (including phenoxy) is 1. The van der Waals surface area contributed by atoms with Gasteiger partial charge in [0, 0.05) is 38.2 Å². The second-order valence-corrected chi connectivity index (χ2v) is 9.71. The first-order valence-electron chi connectivity index (χ1n) is 12.4. The highest BCUT2D eigenvalue weighted by molar-refractivity contribution is 5.97. The molecule has 1 saturated heterocycles. The van der Waals surface area contributed by atoms with E-state index >= 15 is 0 Å². The van der Waals surface area contributed by atoms with Crippen molar-refractivity contribution in [2.45, 2.75) is 50.2 Å². The number of nitrogens with one attached hydrogen (secondary N) is 1. The van der Waals surface area contributed by atoms with Gasteiger partial charge in [0.05, 0.1) is 12.8 Å². The normalized spacial score (nSPS) is 18.5. The number of carbonyl (C=O) groups is 3. The van der Waals surface area contributed by atoms with Gasteiger partial charge in [-0.1, -0.05) is 0 Å². The molecule has 1 N–H and O–H groups in total. The summed E-state index contributed by atoms with van der Waals surface area (Å²) in [5.74, 6) is -0.526. The summed E-state index contributed by atoms with van der Waals surface area (Å²) in [6.07, 6.45) is -1.73. The van der Waals surface area contributed by atoms with E-state index < -0.39 is 23.3 Å². The van der Waals surface area contributed by atoms with Gasteiger partial charge in [0.25, 0.3) is 5.91 Å². The molecule has 3 amide bonds. The van der Waals surface area contributed by atoms with Crippen LogP contribution < -0.4 is 10.1 Å². The van der Waals surface area contributed by atoms with E-state index in [1.807, 2.05) is 0 Å². The number of hydrogen-bond donors (Lipinski definition) is 1. The van der Waals surface area contributed by atoms with E-state index in [1.54, 1.807) is 17.0 Å². The number of amides is 3. The molecule has 3 aliphatic rings. The summed E-state index contributed by atoms with van der Waals surface area (Å²) in [7, 11) is 1.47. The first-order chi connectivity index (χ1) is 17.6. The summed E-state index contributed by atoms with van der Waals surface area (Å²) < 4.78 is 47.3. The van der Waals surface area contributed by atoms with Crippen LogP contribution in [-0.2, 0) is 22.2 Å². The van der Waals surface area contributed by atoms with Gasteiger partial charge in [-0.25, -0.2) is 4.68 Å². The van der Waals surface area contributed by atoms with Crippen molar-refractivity contribution in [3.05, 3.63) is 41.2 Å². The van der Waals surface area contributed by atoms with E-state index in [2.05, 4.69) is 10.4 Å². The maximum Gasteiger partial charge on any atom is 0.435 e. The lowest BCUT2D eigenvalue weighted by Gasteiger charge is -2.28. The number of benzene rings is 1. The molecule has 12 heteroatoms. The highest BCUT2D eigenvalue weighted by Crippen LogP contribution is 2.39. The number of nitrogens with zero attached hydrogens (tertiary/aromatic N) is 4. The number of carbonyl (C=O) groups excluding carboxylic acids is 3. The molecule has 2 aliphatic heterocycles. The van der Waals surface area contributed by atoms with Crippen molar-refractivity contribution in [2.75, 3.05) is 33.3 Å². The molecule has 0 bridgehead atoms. The Morgan fingerprint density at radius 3 is 2.38 bits per heavy atom. The van der Waals surface area contributed by atoms with Gasteiger partial charge in [-0.15, -0.1) is 0 Å². The quantitative estimate of drug-likeness (QED) is 0.607. The van der Waals surface area contributed by atoms with E-state index in [9.17, 15) is 27.6 Å². The zero-order valence-electron chi connectivity index (χ0n) is 20.4. The van der Waals surface area contributed by atoms with Crippen LogP contribution in [-0.4, -0.2) is 76.1 Å². The third kappa shape index (κ3) is 4.76. The third-order valence-corrected chi connectivity index (χ3v) is 7.23. The maximum atomic E-state index is 13.7. The van der Waals surface area contributed by atoms with E-state index in [1.165, 1.54) is 24.1 Å². The third-order valence-electron chi connectivity index (χ3n) is 7.23. The summed E-state index contributed by atoms with van der Waals surface area (Å²) in [5, 5.41) is 6.61. The molecule has 1 aromatic carbocycles. The predicted molar refractivity (Wildman–Crippen MR) is 125 cm³/mol. The number of aromatic nitrogens is 2. The van der Waals surface area contributed by atoms with Crippen LogP contribution in [0.5, 0.6) is 5.75 Å². The number of rotatable bonds is 7. The van der Waals surface area contributed by atoms with E-state index in [0.29, 0.717) is 31.7 Å². The van der Waals surface area contributed by atoms with Crippen LogP contribution in [0, 0.1) is 0 Å². The van der Waals surface area contributed by atoms with E-state index in [4.69, 9.17) is 4.74 Å². The number of fused-ring (bicyclic) bond motifs is 1. The fourth-order valence-corrected chi connectivity index (χ4v) is 5.06. The minimum absolute atomic E-state index is 0.0211. The molecule has 0 atom stereocenters. The zero-order chi connectivity index (χ0) is 26.4. The summed E-state index contributed by atoms with van der Waals surface area (Å²) in [6.45, 7) is 1.45. The molecule has 2 aromatic rings. The molecule has 198 valence electrons. The van der Waals surface area contributed by atoms with Crippen LogP contribution in [0.15, 0.2) is 24.3 Å². The Hall–Kier alpha value is -3.57. The number of likely N-dealkylation sites (tertiary alicyclic amines) is 1. The predicted octanol–water partition coefficient (Wildman–Crippen LogP) is 2.56. The average Bonchev–Trinajstić information content (AvgIpc) is 3.28. The van der Waals surface area contributed by atoms with Gasteiger partial charge in [0.2, 0.25) is 11.8 Å². The number of hydrogen-bond acceptors (Lipinski definition) is 5. The van der Waals surface area contributed by atoms with Crippen LogP contribution in [0.1, 0.15) is 53.8 Å². The number of methoxy groups -OCH3 is 1. The number of alkyl halides is 3. The largest absolute Gasteiger partial charge is 0.497 e. The standard InChI is InChI=1S/C25H28F3N5O4/c1-37-17-6-4-16(5-7-17)33-20-18(21(30-33)25(26,27)28)8-14-31(22(20)35)15-9-19(34)29-24(10-11-24)23(36)32-12-2-3-13-32/h4-7H,2-3,8-15H2,1H3,(H,29,34). The van der Waals surface area contributed by atoms with Gasteiger partial charge in [-0.2, -0.15) is 18.3 Å². The van der Waals surface area contributed by atoms with Gasteiger partial charge < -0.3 is 19.9 Å². The van der Waals surface area contributed by atoms with Crippen molar-refractivity contribution in [2.24, 2.45) is 0 Å². The lowest BCUT2D eigenvalue weighted by Crippen LogP contribution is -2.50. The fraction of sp³-hybridized carbons (Fsp3) is 0.520. The summed E-state index contributed by atoms with van der Waals surface area (Å²) in [4.78, 5) is 42.0. The molecule has 37 heavy (non-hydrogen) atoms. The summed E-state index contributed by atoms with van der Waals surface area (Å²) in [5.41, 5.74) is -1.96. The van der Waals surface area contributed by atoms with Crippen molar-refractivity contribution >= 4 is 17.7 Å². The van der Waals surface area contributed by atoms with Crippen molar-refractivity contribution in [3.8, 4) is 11.4 Å². The van der Waals surface area contributed by atoms with Crippen molar-refractivity contribution in [1.82, 2.24) is 24.9 Å². The summed E-state index contributed by atoms with van der Waals surface area (Å²) in [6, 6.07) is 6.20. The number of halogens is 3. The SMILES string of the molecule is COc1ccc(-n2nc(C(F)(F)F)c3c2C(=O)N(CCC(=O)NC2(C(=O)N4CCCC4)CC2)CC3)cc1. The first-order valence-corrected chi connectivity index (χ1v) is 12.4. The van der Waals surface area contributed by atoms with Gasteiger partial charge in [0.1, 0.15) is 17.0 Å². The van der Waals surface area contributed by atoms with Gasteiger partial charge in [0.15, 0.2) is 5.69 Å². The van der Waals surface area contributed by atoms with E-state index in [-0.39, 0.29) is 54.7 Å². The van der Waals surface area contributed by atoms with Crippen LogP contribution in [0.4, 0.5) is 13.2 Å². The molecule has 3 heterocycles. The van der Waals surface area contributed by atoms with Crippen molar-refractivity contribution < 1.29 is 32.3 Å². The topological polar surface area (TPSA) is 96.8 Å². The molecule has 5 rings (SSSR count). The van der Waals surface area contributed by atoms with Gasteiger partial charge >= 0.3 is 6.18 Å². The Morgan fingerprint density at radius 2 is 1.78 bits per heavy atom. The minimum Gasteiger partial charge on any atom is -0.497 e. The lowest BCUT2D eigenvalue weighted by atomic mass is 10.0. The highest BCUT2D eigenvalue weighted by atomic mass is 19.4. The summed E-state index contributed by atoms with van der Waals surface area (Å²) >= 11 is 0. The molecule has 1 aromatic heterocycles. The molecule has 2 fully saturated rings. The Labute approximate surface area is 211 Å². The second kappa shape index (κ2) is 9.38. The van der Waals surface area contributed by atoms with Crippen molar-refractivity contribution in [3.63, 3.8) is 0 Å². The maximum absolute atomic E-state index is 13.7. The Kier molecular flexibility index (Phi) is 6.36. The van der Waals surface area contributed by atoms with Crippen LogP contribution >= 0.6 is 0 Å². The van der Waals surface area contributed by atoms with Crippen molar-refractivity contribution in [1.29, 1.82) is 0 Å². The van der Waals surface area contributed by atoms with Gasteiger partial charge in [-0.3, -0.25) is 14.4 Å². The molecule has 1 aliphatic carbocycles. The van der Waals surface area contributed by atoms with Crippen LogP contribution in [0.3, 0.4) is 0 Å². The molecule has 0 spiro atoms. The molecule has 9 nitrogen and oxygen atoms in total.